The van der Waals surface area contributed by atoms with E-state index in [1.807, 2.05) is 4.90 Å². The minimum atomic E-state index is -0.373. The first-order valence-electron chi connectivity index (χ1n) is 5.62. The van der Waals surface area contributed by atoms with Crippen molar-refractivity contribution in [2.75, 3.05) is 18.0 Å². The molecule has 0 aromatic heterocycles. The molecule has 1 heterocycles. The van der Waals surface area contributed by atoms with Gasteiger partial charge in [-0.2, -0.15) is 10.5 Å². The molecule has 0 saturated carbocycles. The number of β-amino-alcohol motifs (C(OH)–C–C–N with tert-alkyl or cyclic N) is 1. The van der Waals surface area contributed by atoms with Gasteiger partial charge in [-0.15, -0.1) is 0 Å². The fourth-order valence-electron chi connectivity index (χ4n) is 2.22. The molecule has 0 bridgehead atoms. The molecular formula is C13H13N3O. The first-order valence-corrected chi connectivity index (χ1v) is 5.62. The van der Waals surface area contributed by atoms with Crippen LogP contribution in [-0.4, -0.2) is 24.3 Å². The minimum Gasteiger partial charge on any atom is -0.391 e. The Labute approximate surface area is 100 Å². The maximum Gasteiger partial charge on any atom is 0.101 e. The van der Waals surface area contributed by atoms with Gasteiger partial charge in [0.05, 0.1) is 22.9 Å². The first-order chi connectivity index (χ1) is 8.26. The number of rotatable bonds is 1. The molecule has 1 N–H and O–H groups in total. The Morgan fingerprint density at radius 2 is 1.88 bits per heavy atom. The van der Waals surface area contributed by atoms with Crippen molar-refractivity contribution in [3.8, 4) is 12.1 Å². The summed E-state index contributed by atoms with van der Waals surface area (Å²) in [5.74, 6) is 0. The molecule has 1 aliphatic rings. The van der Waals surface area contributed by atoms with Crippen molar-refractivity contribution in [3.63, 3.8) is 0 Å². The SMILES string of the molecule is N#Cc1cccc(C#N)c1N1CCCC(O)C1. The van der Waals surface area contributed by atoms with Crippen molar-refractivity contribution in [3.05, 3.63) is 29.3 Å². The van der Waals surface area contributed by atoms with Crippen LogP contribution in [0, 0.1) is 22.7 Å². The summed E-state index contributed by atoms with van der Waals surface area (Å²) in [5, 5.41) is 27.8. The molecule has 2 rings (SSSR count). The van der Waals surface area contributed by atoms with Gasteiger partial charge < -0.3 is 10.0 Å². The quantitative estimate of drug-likeness (QED) is 0.787. The number of para-hydroxylation sites is 1. The molecule has 1 aromatic carbocycles. The van der Waals surface area contributed by atoms with E-state index in [0.717, 1.165) is 19.4 Å². The number of hydrogen-bond acceptors (Lipinski definition) is 4. The fourth-order valence-corrected chi connectivity index (χ4v) is 2.22. The second-order valence-electron chi connectivity index (χ2n) is 4.17. The summed E-state index contributed by atoms with van der Waals surface area (Å²) in [5.41, 5.74) is 1.66. The summed E-state index contributed by atoms with van der Waals surface area (Å²) in [6, 6.07) is 9.34. The van der Waals surface area contributed by atoms with E-state index >= 15 is 0 Å². The van der Waals surface area contributed by atoms with Gasteiger partial charge in [0.15, 0.2) is 0 Å². The van der Waals surface area contributed by atoms with Crippen LogP contribution >= 0.6 is 0 Å². The molecule has 1 fully saturated rings. The third-order valence-corrected chi connectivity index (χ3v) is 2.99. The topological polar surface area (TPSA) is 71.0 Å². The average Bonchev–Trinajstić information content (AvgIpc) is 2.37. The van der Waals surface area contributed by atoms with Crippen LogP contribution in [-0.2, 0) is 0 Å². The van der Waals surface area contributed by atoms with E-state index in [2.05, 4.69) is 12.1 Å². The van der Waals surface area contributed by atoms with Gasteiger partial charge in [-0.05, 0) is 25.0 Å². The Hall–Kier alpha value is -2.04. The lowest BCUT2D eigenvalue weighted by molar-refractivity contribution is 0.154. The molecule has 1 aromatic rings. The van der Waals surface area contributed by atoms with Crippen LogP contribution in [0.5, 0.6) is 0 Å². The number of hydrogen-bond donors (Lipinski definition) is 1. The van der Waals surface area contributed by atoms with Crippen LogP contribution < -0.4 is 4.90 Å². The van der Waals surface area contributed by atoms with Gasteiger partial charge in [-0.1, -0.05) is 6.07 Å². The monoisotopic (exact) mass is 227 g/mol. The fraction of sp³-hybridized carbons (Fsp3) is 0.385. The summed E-state index contributed by atoms with van der Waals surface area (Å²) in [4.78, 5) is 1.94. The average molecular weight is 227 g/mol. The van der Waals surface area contributed by atoms with Crippen LogP contribution in [0.3, 0.4) is 0 Å². The lowest BCUT2D eigenvalue weighted by atomic mass is 10.0. The number of nitriles is 2. The molecule has 1 saturated heterocycles. The van der Waals surface area contributed by atoms with E-state index in [9.17, 15) is 5.11 Å². The van der Waals surface area contributed by atoms with E-state index in [1.165, 1.54) is 0 Å². The Balaban J connectivity index is 2.43. The van der Waals surface area contributed by atoms with Gasteiger partial charge in [0.1, 0.15) is 12.1 Å². The van der Waals surface area contributed by atoms with Crippen LogP contribution in [0.15, 0.2) is 18.2 Å². The number of benzene rings is 1. The van der Waals surface area contributed by atoms with E-state index < -0.39 is 0 Å². The summed E-state index contributed by atoms with van der Waals surface area (Å²) < 4.78 is 0. The van der Waals surface area contributed by atoms with Crippen molar-refractivity contribution in [1.82, 2.24) is 0 Å². The van der Waals surface area contributed by atoms with Gasteiger partial charge in [-0.3, -0.25) is 0 Å². The Kier molecular flexibility index (Phi) is 3.27. The molecular weight excluding hydrogens is 214 g/mol. The smallest absolute Gasteiger partial charge is 0.101 e. The van der Waals surface area contributed by atoms with E-state index in [1.54, 1.807) is 18.2 Å². The lowest BCUT2D eigenvalue weighted by Gasteiger charge is -2.33. The van der Waals surface area contributed by atoms with E-state index in [-0.39, 0.29) is 6.10 Å². The number of aliphatic hydroxyl groups excluding tert-OH is 1. The van der Waals surface area contributed by atoms with Crippen molar-refractivity contribution >= 4 is 5.69 Å². The van der Waals surface area contributed by atoms with Crippen LogP contribution in [0.1, 0.15) is 24.0 Å². The number of anilines is 1. The van der Waals surface area contributed by atoms with Gasteiger partial charge >= 0.3 is 0 Å². The zero-order valence-electron chi connectivity index (χ0n) is 9.43. The maximum absolute atomic E-state index is 9.66. The van der Waals surface area contributed by atoms with Crippen molar-refractivity contribution in [2.24, 2.45) is 0 Å². The molecule has 1 atom stereocenters. The molecule has 4 heteroatoms. The van der Waals surface area contributed by atoms with E-state index in [4.69, 9.17) is 10.5 Å². The molecule has 1 unspecified atom stereocenters. The summed E-state index contributed by atoms with van der Waals surface area (Å²) in [7, 11) is 0. The van der Waals surface area contributed by atoms with E-state index in [0.29, 0.717) is 23.4 Å². The van der Waals surface area contributed by atoms with Gasteiger partial charge in [0.25, 0.3) is 0 Å². The second-order valence-corrected chi connectivity index (χ2v) is 4.17. The Morgan fingerprint density at radius 3 is 2.41 bits per heavy atom. The highest BCUT2D eigenvalue weighted by molar-refractivity contribution is 5.68. The van der Waals surface area contributed by atoms with Crippen LogP contribution in [0.4, 0.5) is 5.69 Å². The normalized spacial score (nSPS) is 19.5. The van der Waals surface area contributed by atoms with Crippen molar-refractivity contribution < 1.29 is 5.11 Å². The molecule has 0 radical (unpaired) electrons. The van der Waals surface area contributed by atoms with Gasteiger partial charge in [-0.25, -0.2) is 0 Å². The van der Waals surface area contributed by atoms with Gasteiger partial charge in [0, 0.05) is 13.1 Å². The zero-order chi connectivity index (χ0) is 12.3. The molecule has 0 amide bonds. The van der Waals surface area contributed by atoms with Crippen molar-refractivity contribution in [2.45, 2.75) is 18.9 Å². The number of aliphatic hydroxyl groups is 1. The Bertz CT molecular complexity index is 466. The highest BCUT2D eigenvalue weighted by atomic mass is 16.3. The predicted octanol–water partition coefficient (Wildman–Crippen LogP) is 1.39. The largest absolute Gasteiger partial charge is 0.391 e. The standard InChI is InChI=1S/C13H13N3O/c14-7-10-3-1-4-11(8-15)13(10)16-6-2-5-12(17)9-16/h1,3-4,12,17H,2,5-6,9H2. The highest BCUT2D eigenvalue weighted by Crippen LogP contribution is 2.27. The van der Waals surface area contributed by atoms with Crippen LogP contribution in [0.2, 0.25) is 0 Å². The number of piperidine rings is 1. The molecule has 86 valence electrons. The summed E-state index contributed by atoms with van der Waals surface area (Å²) in [6.07, 6.45) is 1.29. The summed E-state index contributed by atoms with van der Waals surface area (Å²) in [6.45, 7) is 1.28. The predicted molar refractivity (Wildman–Crippen MR) is 63.3 cm³/mol. The molecule has 17 heavy (non-hydrogen) atoms. The lowest BCUT2D eigenvalue weighted by Crippen LogP contribution is -2.39. The summed E-state index contributed by atoms with van der Waals surface area (Å²) >= 11 is 0. The third-order valence-electron chi connectivity index (χ3n) is 2.99. The van der Waals surface area contributed by atoms with Gasteiger partial charge in [0.2, 0.25) is 0 Å². The molecule has 0 aliphatic carbocycles. The zero-order valence-corrected chi connectivity index (χ0v) is 9.43. The minimum absolute atomic E-state index is 0.373. The second kappa shape index (κ2) is 4.86. The van der Waals surface area contributed by atoms with Crippen molar-refractivity contribution in [1.29, 1.82) is 10.5 Å². The number of nitrogens with zero attached hydrogens (tertiary/aromatic N) is 3. The Morgan fingerprint density at radius 1 is 1.24 bits per heavy atom. The van der Waals surface area contributed by atoms with Crippen LogP contribution in [0.25, 0.3) is 0 Å². The molecule has 0 spiro atoms. The highest BCUT2D eigenvalue weighted by Gasteiger charge is 2.22. The molecule has 4 nitrogen and oxygen atoms in total. The first kappa shape index (κ1) is 11.4. The third kappa shape index (κ3) is 2.22. The molecule has 1 aliphatic heterocycles. The maximum atomic E-state index is 9.66.